The van der Waals surface area contributed by atoms with Crippen molar-refractivity contribution in [3.63, 3.8) is 0 Å². The normalized spacial score (nSPS) is 12.5. The highest BCUT2D eigenvalue weighted by Crippen LogP contribution is 2.29. The highest BCUT2D eigenvalue weighted by atomic mass is 79.9. The van der Waals surface area contributed by atoms with E-state index in [0.29, 0.717) is 38.9 Å². The molecule has 4 rings (SSSR count). The molecule has 2 amide bonds. The van der Waals surface area contributed by atoms with Crippen LogP contribution in [0.3, 0.4) is 0 Å². The molecule has 2 atom stereocenters. The number of hydrogen-bond donors (Lipinski definition) is 1. The summed E-state index contributed by atoms with van der Waals surface area (Å²) in [6, 6.07) is 25.8. The average Bonchev–Trinajstić information content (AvgIpc) is 3.07. The minimum Gasteiger partial charge on any atom is -0.494 e. The lowest BCUT2D eigenvalue weighted by atomic mass is 10.0. The van der Waals surface area contributed by atoms with Crippen LogP contribution in [0.1, 0.15) is 38.3 Å². The zero-order valence-electron chi connectivity index (χ0n) is 26.9. The summed E-state index contributed by atoms with van der Waals surface area (Å²) in [5.41, 5.74) is 1.63. The van der Waals surface area contributed by atoms with Gasteiger partial charge in [0.15, 0.2) is 0 Å². The highest BCUT2D eigenvalue weighted by Gasteiger charge is 2.35. The molecule has 8 nitrogen and oxygen atoms in total. The molecule has 0 saturated carbocycles. The molecule has 12 heteroatoms. The van der Waals surface area contributed by atoms with Crippen LogP contribution in [-0.2, 0) is 32.6 Å². The molecule has 0 bridgehead atoms. The van der Waals surface area contributed by atoms with Gasteiger partial charge in [0, 0.05) is 33.5 Å². The third-order valence-electron chi connectivity index (χ3n) is 7.74. The number of carbonyl (C=O) groups excluding carboxylic acids is 2. The lowest BCUT2D eigenvalue weighted by molar-refractivity contribution is -0.140. The Morgan fingerprint density at radius 2 is 1.58 bits per heavy atom. The van der Waals surface area contributed by atoms with Gasteiger partial charge in [0.25, 0.3) is 10.0 Å². The van der Waals surface area contributed by atoms with Gasteiger partial charge in [-0.1, -0.05) is 82.5 Å². The maximum Gasteiger partial charge on any atom is 0.264 e. The molecule has 0 heterocycles. The third-order valence-corrected chi connectivity index (χ3v) is 10.6. The van der Waals surface area contributed by atoms with Crippen molar-refractivity contribution >= 4 is 66.7 Å². The summed E-state index contributed by atoms with van der Waals surface area (Å²) in [6.07, 6.45) is 0.861. The van der Waals surface area contributed by atoms with Crippen molar-refractivity contribution < 1.29 is 22.7 Å². The van der Waals surface area contributed by atoms with E-state index < -0.39 is 28.5 Å². The summed E-state index contributed by atoms with van der Waals surface area (Å²) in [5.74, 6) is -0.414. The van der Waals surface area contributed by atoms with Crippen LogP contribution >= 0.6 is 39.1 Å². The molecule has 1 N–H and O–H groups in total. The van der Waals surface area contributed by atoms with E-state index in [4.69, 9.17) is 27.9 Å². The van der Waals surface area contributed by atoms with Gasteiger partial charge in [0.05, 0.1) is 17.2 Å². The molecule has 0 fully saturated rings. The molecule has 0 saturated heterocycles. The van der Waals surface area contributed by atoms with Crippen molar-refractivity contribution in [1.29, 1.82) is 0 Å². The number of hydrogen-bond acceptors (Lipinski definition) is 5. The number of nitrogens with one attached hydrogen (secondary N) is 1. The van der Waals surface area contributed by atoms with E-state index in [-0.39, 0.29) is 35.5 Å². The van der Waals surface area contributed by atoms with E-state index in [9.17, 15) is 18.0 Å². The van der Waals surface area contributed by atoms with Crippen LogP contribution in [0.25, 0.3) is 0 Å². The standard InChI is InChI=1S/C36H38BrCl2N3O5S/c1-4-25(3)40-36(44)34(21-26-9-7-6-8-10-26)41(23-27-11-14-29(38)22-33(27)39)35(43)24-42(30-15-17-31(18-16-30)47-5-2)48(45,46)32-19-12-28(37)13-20-32/h6-20,22,25,34H,4-5,21,23-24H2,1-3H3,(H,40,44). The predicted octanol–water partition coefficient (Wildman–Crippen LogP) is 7.90. The van der Waals surface area contributed by atoms with Crippen LogP contribution in [0.15, 0.2) is 106 Å². The topological polar surface area (TPSA) is 96.0 Å². The quantitative estimate of drug-likeness (QED) is 0.133. The molecule has 0 aliphatic heterocycles. The molecule has 0 aromatic heterocycles. The average molecular weight is 776 g/mol. The van der Waals surface area contributed by atoms with Crippen LogP contribution in [0.4, 0.5) is 5.69 Å². The Kier molecular flexibility index (Phi) is 13.3. The summed E-state index contributed by atoms with van der Waals surface area (Å²) < 4.78 is 35.8. The Labute approximate surface area is 301 Å². The lowest BCUT2D eigenvalue weighted by Crippen LogP contribution is -2.54. The van der Waals surface area contributed by atoms with E-state index in [1.807, 2.05) is 51.1 Å². The molecule has 0 spiro atoms. The van der Waals surface area contributed by atoms with Gasteiger partial charge < -0.3 is 15.0 Å². The molecule has 4 aromatic rings. The Balaban J connectivity index is 1.83. The van der Waals surface area contributed by atoms with Crippen LogP contribution in [-0.4, -0.2) is 50.4 Å². The summed E-state index contributed by atoms with van der Waals surface area (Å²) >= 11 is 16.1. The zero-order chi connectivity index (χ0) is 34.8. The summed E-state index contributed by atoms with van der Waals surface area (Å²) in [6.45, 7) is 5.45. The zero-order valence-corrected chi connectivity index (χ0v) is 30.8. The van der Waals surface area contributed by atoms with E-state index in [1.165, 1.54) is 17.0 Å². The monoisotopic (exact) mass is 773 g/mol. The van der Waals surface area contributed by atoms with Gasteiger partial charge in [0.2, 0.25) is 11.8 Å². The molecule has 48 heavy (non-hydrogen) atoms. The first-order valence-corrected chi connectivity index (χ1v) is 18.5. The van der Waals surface area contributed by atoms with Gasteiger partial charge in [-0.05, 0) is 92.1 Å². The number of anilines is 1. The van der Waals surface area contributed by atoms with Crippen molar-refractivity contribution in [3.8, 4) is 5.75 Å². The summed E-state index contributed by atoms with van der Waals surface area (Å²) in [7, 11) is -4.26. The first kappa shape index (κ1) is 37.3. The summed E-state index contributed by atoms with van der Waals surface area (Å²) in [5, 5.41) is 3.75. The van der Waals surface area contributed by atoms with Gasteiger partial charge in [0.1, 0.15) is 18.3 Å². The third kappa shape index (κ3) is 9.75. The Hall–Kier alpha value is -3.57. The van der Waals surface area contributed by atoms with Crippen molar-refractivity contribution in [3.05, 3.63) is 123 Å². The Morgan fingerprint density at radius 3 is 2.19 bits per heavy atom. The number of rotatable bonds is 15. The van der Waals surface area contributed by atoms with Gasteiger partial charge in [-0.15, -0.1) is 0 Å². The van der Waals surface area contributed by atoms with Crippen molar-refractivity contribution in [2.45, 2.75) is 57.1 Å². The van der Waals surface area contributed by atoms with Gasteiger partial charge >= 0.3 is 0 Å². The fourth-order valence-electron chi connectivity index (χ4n) is 4.97. The van der Waals surface area contributed by atoms with Crippen molar-refractivity contribution in [2.75, 3.05) is 17.5 Å². The van der Waals surface area contributed by atoms with Crippen LogP contribution in [0, 0.1) is 0 Å². The number of ether oxygens (including phenoxy) is 1. The Bertz CT molecular complexity index is 1790. The molecule has 0 aliphatic carbocycles. The van der Waals surface area contributed by atoms with E-state index in [2.05, 4.69) is 21.2 Å². The van der Waals surface area contributed by atoms with Gasteiger partial charge in [-0.2, -0.15) is 0 Å². The molecule has 4 aromatic carbocycles. The second kappa shape index (κ2) is 17.2. The first-order valence-electron chi connectivity index (χ1n) is 15.5. The maximum atomic E-state index is 14.6. The van der Waals surface area contributed by atoms with E-state index in [0.717, 1.165) is 9.87 Å². The SMILES string of the molecule is CCOc1ccc(N(CC(=O)N(Cc2ccc(Cl)cc2Cl)C(Cc2ccccc2)C(=O)NC(C)CC)S(=O)(=O)c2ccc(Br)cc2)cc1. The number of halogens is 3. The molecule has 254 valence electrons. The molecular weight excluding hydrogens is 737 g/mol. The smallest absolute Gasteiger partial charge is 0.264 e. The fraction of sp³-hybridized carbons (Fsp3) is 0.278. The van der Waals surface area contributed by atoms with E-state index in [1.54, 1.807) is 54.6 Å². The summed E-state index contributed by atoms with van der Waals surface area (Å²) in [4.78, 5) is 30.0. The molecule has 0 aliphatic rings. The predicted molar refractivity (Wildman–Crippen MR) is 195 cm³/mol. The second-order valence-electron chi connectivity index (χ2n) is 11.2. The number of amides is 2. The number of nitrogens with zero attached hydrogens (tertiary/aromatic N) is 2. The highest BCUT2D eigenvalue weighted by molar-refractivity contribution is 9.10. The number of benzene rings is 4. The van der Waals surface area contributed by atoms with Crippen LogP contribution < -0.4 is 14.4 Å². The molecule has 2 unspecified atom stereocenters. The maximum absolute atomic E-state index is 14.6. The fourth-order valence-corrected chi connectivity index (χ4v) is 7.11. The van der Waals surface area contributed by atoms with Crippen molar-refractivity contribution in [2.24, 2.45) is 0 Å². The lowest BCUT2D eigenvalue weighted by Gasteiger charge is -2.34. The minimum absolute atomic E-state index is 0.00460. The first-order chi connectivity index (χ1) is 22.9. The van der Waals surface area contributed by atoms with E-state index >= 15 is 0 Å². The number of sulfonamides is 1. The molecular formula is C36H38BrCl2N3O5S. The molecule has 0 radical (unpaired) electrons. The second-order valence-corrected chi connectivity index (χ2v) is 14.8. The minimum atomic E-state index is -4.26. The van der Waals surface area contributed by atoms with Gasteiger partial charge in [-0.3, -0.25) is 13.9 Å². The van der Waals surface area contributed by atoms with Crippen molar-refractivity contribution in [1.82, 2.24) is 10.2 Å². The van der Waals surface area contributed by atoms with Crippen LogP contribution in [0.2, 0.25) is 10.0 Å². The number of carbonyl (C=O) groups is 2. The van der Waals surface area contributed by atoms with Gasteiger partial charge in [-0.25, -0.2) is 8.42 Å². The van der Waals surface area contributed by atoms with Crippen LogP contribution in [0.5, 0.6) is 5.75 Å². The largest absolute Gasteiger partial charge is 0.494 e. The Morgan fingerprint density at radius 1 is 0.917 bits per heavy atom.